The summed E-state index contributed by atoms with van der Waals surface area (Å²) in [4.78, 5) is 18.1. The van der Waals surface area contributed by atoms with Crippen LogP contribution < -0.4 is 4.90 Å². The van der Waals surface area contributed by atoms with Crippen LogP contribution in [0.15, 0.2) is 30.3 Å². The Bertz CT molecular complexity index is 1000. The van der Waals surface area contributed by atoms with Gasteiger partial charge in [-0.3, -0.25) is 4.90 Å². The zero-order chi connectivity index (χ0) is 20.5. The van der Waals surface area contributed by atoms with Gasteiger partial charge in [-0.15, -0.1) is 11.3 Å². The number of thiophene rings is 1. The molecule has 2 aliphatic rings. The molecule has 5 heteroatoms. The third-order valence-corrected chi connectivity index (χ3v) is 7.97. The predicted octanol–water partition coefficient (Wildman–Crippen LogP) is 5.41. The summed E-state index contributed by atoms with van der Waals surface area (Å²) >= 11 is 1.93. The number of nitrogens with zero attached hydrogens (tertiary/aromatic N) is 4. The van der Waals surface area contributed by atoms with Crippen molar-refractivity contribution >= 4 is 27.4 Å². The maximum absolute atomic E-state index is 5.19. The number of rotatable bonds is 5. The van der Waals surface area contributed by atoms with E-state index in [2.05, 4.69) is 54.0 Å². The molecule has 3 heterocycles. The van der Waals surface area contributed by atoms with E-state index in [4.69, 9.17) is 9.97 Å². The average molecular weight is 421 g/mol. The zero-order valence-corrected chi connectivity index (χ0v) is 19.0. The number of piperazine rings is 1. The van der Waals surface area contributed by atoms with E-state index < -0.39 is 0 Å². The second kappa shape index (κ2) is 8.64. The fourth-order valence-electron chi connectivity index (χ4n) is 4.75. The van der Waals surface area contributed by atoms with E-state index in [1.165, 1.54) is 47.3 Å². The second-order valence-corrected chi connectivity index (χ2v) is 9.94. The smallest absolute Gasteiger partial charge is 0.141 e. The van der Waals surface area contributed by atoms with Gasteiger partial charge in [0.15, 0.2) is 0 Å². The zero-order valence-electron chi connectivity index (χ0n) is 18.2. The lowest BCUT2D eigenvalue weighted by molar-refractivity contribution is 0.249. The normalized spacial score (nSPS) is 18.5. The molecule has 1 aliphatic heterocycles. The first-order chi connectivity index (χ1) is 14.7. The van der Waals surface area contributed by atoms with Gasteiger partial charge in [0.05, 0.1) is 5.39 Å². The van der Waals surface area contributed by atoms with Crippen molar-refractivity contribution in [1.82, 2.24) is 14.9 Å². The Morgan fingerprint density at radius 1 is 1.00 bits per heavy atom. The van der Waals surface area contributed by atoms with Gasteiger partial charge in [0, 0.05) is 43.5 Å². The van der Waals surface area contributed by atoms with Crippen LogP contribution in [0.1, 0.15) is 60.9 Å². The molecule has 1 unspecified atom stereocenters. The van der Waals surface area contributed by atoms with E-state index in [0.717, 1.165) is 45.0 Å². The van der Waals surface area contributed by atoms with Crippen LogP contribution in [0, 0.1) is 0 Å². The molecule has 0 saturated carbocycles. The summed E-state index contributed by atoms with van der Waals surface area (Å²) in [7, 11) is 0. The number of aryl methyl sites for hydroxylation is 2. The van der Waals surface area contributed by atoms with Crippen LogP contribution in [-0.4, -0.2) is 41.0 Å². The Balaban J connectivity index is 1.43. The number of aromatic nitrogens is 2. The van der Waals surface area contributed by atoms with E-state index in [1.807, 2.05) is 11.3 Å². The molecule has 0 amide bonds. The summed E-state index contributed by atoms with van der Waals surface area (Å²) in [6, 6.07) is 10.8. The van der Waals surface area contributed by atoms with Gasteiger partial charge in [-0.1, -0.05) is 44.2 Å². The third kappa shape index (κ3) is 3.85. The van der Waals surface area contributed by atoms with Crippen LogP contribution in [0.25, 0.3) is 10.2 Å². The highest BCUT2D eigenvalue weighted by Gasteiger charge is 2.26. The van der Waals surface area contributed by atoms with Crippen molar-refractivity contribution in [2.45, 2.75) is 58.4 Å². The molecule has 0 N–H and O–H groups in total. The van der Waals surface area contributed by atoms with Crippen LogP contribution in [0.2, 0.25) is 0 Å². The first kappa shape index (κ1) is 20.0. The standard InChI is InChI=1S/C25H32N4S/c1-3-18(2)23-26-24(22-20-11-7-8-12-21(20)30-25(22)27-23)29-15-13-28(14-16-29)17-19-9-5-4-6-10-19/h4-6,9-10,18H,3,7-8,11-17H2,1-2H3. The Kier molecular flexibility index (Phi) is 5.74. The van der Waals surface area contributed by atoms with Crippen molar-refractivity contribution in [3.8, 4) is 0 Å². The van der Waals surface area contributed by atoms with E-state index >= 15 is 0 Å². The van der Waals surface area contributed by atoms with Crippen molar-refractivity contribution < 1.29 is 0 Å². The topological polar surface area (TPSA) is 32.3 Å². The van der Waals surface area contributed by atoms with Gasteiger partial charge in [0.25, 0.3) is 0 Å². The maximum Gasteiger partial charge on any atom is 0.141 e. The fourth-order valence-corrected chi connectivity index (χ4v) is 6.01. The quantitative estimate of drug-likeness (QED) is 0.553. The Morgan fingerprint density at radius 3 is 2.53 bits per heavy atom. The molecule has 2 aromatic heterocycles. The Morgan fingerprint density at radius 2 is 1.77 bits per heavy atom. The first-order valence-electron chi connectivity index (χ1n) is 11.6. The van der Waals surface area contributed by atoms with Gasteiger partial charge in [-0.2, -0.15) is 0 Å². The molecule has 1 saturated heterocycles. The highest BCUT2D eigenvalue weighted by molar-refractivity contribution is 7.19. The van der Waals surface area contributed by atoms with Crippen LogP contribution in [0.5, 0.6) is 0 Å². The van der Waals surface area contributed by atoms with E-state index in [0.29, 0.717) is 5.92 Å². The number of benzene rings is 1. The van der Waals surface area contributed by atoms with Crippen molar-refractivity contribution in [3.05, 3.63) is 52.2 Å². The molecule has 1 fully saturated rings. The molecule has 1 aliphatic carbocycles. The molecule has 0 bridgehead atoms. The summed E-state index contributed by atoms with van der Waals surface area (Å²) in [6.45, 7) is 9.81. The van der Waals surface area contributed by atoms with Gasteiger partial charge < -0.3 is 4.90 Å². The molecule has 0 radical (unpaired) electrons. The van der Waals surface area contributed by atoms with Crippen LogP contribution in [0.4, 0.5) is 5.82 Å². The van der Waals surface area contributed by atoms with Crippen molar-refractivity contribution in [3.63, 3.8) is 0 Å². The molecule has 30 heavy (non-hydrogen) atoms. The van der Waals surface area contributed by atoms with E-state index in [-0.39, 0.29) is 0 Å². The molecule has 3 aromatic rings. The summed E-state index contributed by atoms with van der Waals surface area (Å²) in [5, 5.41) is 1.37. The predicted molar refractivity (Wildman–Crippen MR) is 127 cm³/mol. The van der Waals surface area contributed by atoms with E-state index in [1.54, 1.807) is 10.4 Å². The van der Waals surface area contributed by atoms with Crippen molar-refractivity contribution in [1.29, 1.82) is 0 Å². The number of hydrogen-bond acceptors (Lipinski definition) is 5. The Labute approximate surface area is 184 Å². The average Bonchev–Trinajstić information content (AvgIpc) is 3.18. The second-order valence-electron chi connectivity index (χ2n) is 8.85. The fraction of sp³-hybridized carbons (Fsp3) is 0.520. The van der Waals surface area contributed by atoms with Gasteiger partial charge >= 0.3 is 0 Å². The SMILES string of the molecule is CCC(C)c1nc(N2CCN(Cc3ccccc3)CC2)c2c3c(sc2n1)CCCC3. The lowest BCUT2D eigenvalue weighted by Gasteiger charge is -2.36. The molecular formula is C25H32N4S. The largest absolute Gasteiger partial charge is 0.353 e. The number of hydrogen-bond donors (Lipinski definition) is 0. The lowest BCUT2D eigenvalue weighted by atomic mass is 9.96. The van der Waals surface area contributed by atoms with Crippen molar-refractivity contribution in [2.75, 3.05) is 31.1 Å². The minimum Gasteiger partial charge on any atom is -0.353 e. The van der Waals surface area contributed by atoms with E-state index in [9.17, 15) is 0 Å². The maximum atomic E-state index is 5.19. The summed E-state index contributed by atoms with van der Waals surface area (Å²) < 4.78 is 0. The Hall–Kier alpha value is -1.98. The third-order valence-electron chi connectivity index (χ3n) is 6.79. The molecule has 4 nitrogen and oxygen atoms in total. The number of fused-ring (bicyclic) bond motifs is 3. The lowest BCUT2D eigenvalue weighted by Crippen LogP contribution is -2.46. The number of anilines is 1. The van der Waals surface area contributed by atoms with Gasteiger partial charge in [-0.05, 0) is 43.2 Å². The van der Waals surface area contributed by atoms with Gasteiger partial charge in [0.1, 0.15) is 16.5 Å². The highest BCUT2D eigenvalue weighted by Crippen LogP contribution is 2.40. The monoisotopic (exact) mass is 420 g/mol. The van der Waals surface area contributed by atoms with Crippen LogP contribution in [-0.2, 0) is 19.4 Å². The summed E-state index contributed by atoms with van der Waals surface area (Å²) in [5.74, 6) is 2.66. The summed E-state index contributed by atoms with van der Waals surface area (Å²) in [5.41, 5.74) is 2.96. The van der Waals surface area contributed by atoms with Crippen LogP contribution >= 0.6 is 11.3 Å². The molecule has 1 aromatic carbocycles. The van der Waals surface area contributed by atoms with Gasteiger partial charge in [0.2, 0.25) is 0 Å². The molecule has 5 rings (SSSR count). The minimum absolute atomic E-state index is 0.409. The molecular weight excluding hydrogens is 388 g/mol. The molecule has 1 atom stereocenters. The summed E-state index contributed by atoms with van der Waals surface area (Å²) in [6.07, 6.45) is 6.12. The minimum atomic E-state index is 0.409. The van der Waals surface area contributed by atoms with Gasteiger partial charge in [-0.25, -0.2) is 9.97 Å². The van der Waals surface area contributed by atoms with Crippen molar-refractivity contribution in [2.24, 2.45) is 0 Å². The molecule has 158 valence electrons. The first-order valence-corrected chi connectivity index (χ1v) is 12.4. The molecule has 0 spiro atoms. The van der Waals surface area contributed by atoms with Crippen LogP contribution in [0.3, 0.4) is 0 Å². The highest BCUT2D eigenvalue weighted by atomic mass is 32.1.